The van der Waals surface area contributed by atoms with Crippen LogP contribution in [0.3, 0.4) is 0 Å². The van der Waals surface area contributed by atoms with Crippen molar-refractivity contribution in [2.45, 2.75) is 45.7 Å². The molecule has 0 aliphatic carbocycles. The second kappa shape index (κ2) is 11.8. The molecule has 0 bridgehead atoms. The number of anilines is 1. The summed E-state index contributed by atoms with van der Waals surface area (Å²) < 4.78 is 8.40. The average molecular weight is 492 g/mol. The van der Waals surface area contributed by atoms with Gasteiger partial charge in [0.15, 0.2) is 0 Å². The van der Waals surface area contributed by atoms with Gasteiger partial charge in [0.2, 0.25) is 5.91 Å². The highest BCUT2D eigenvalue weighted by Gasteiger charge is 2.27. The lowest BCUT2D eigenvalue weighted by Gasteiger charge is -2.31. The fourth-order valence-corrected chi connectivity index (χ4v) is 4.64. The van der Waals surface area contributed by atoms with Gasteiger partial charge in [-0.1, -0.05) is 42.5 Å². The third-order valence-corrected chi connectivity index (χ3v) is 6.46. The van der Waals surface area contributed by atoms with E-state index >= 15 is 0 Å². The van der Waals surface area contributed by atoms with Crippen molar-refractivity contribution in [2.24, 2.45) is 0 Å². The number of carbonyl (C=O) groups excluding carboxylic acids is 2. The van der Waals surface area contributed by atoms with Crippen molar-refractivity contribution in [3.63, 3.8) is 0 Å². The zero-order valence-electron chi connectivity index (χ0n) is 20.9. The minimum absolute atomic E-state index is 0.0848. The van der Waals surface area contributed by atoms with Gasteiger partial charge < -0.3 is 10.1 Å². The van der Waals surface area contributed by atoms with Crippen molar-refractivity contribution in [3.05, 3.63) is 82.0 Å². The molecule has 1 saturated heterocycles. The topological polar surface area (TPSA) is 98.5 Å². The molecule has 1 aromatic heterocycles. The zero-order chi connectivity index (χ0) is 25.5. The van der Waals surface area contributed by atoms with E-state index in [4.69, 9.17) is 9.84 Å². The van der Waals surface area contributed by atoms with E-state index in [2.05, 4.69) is 10.2 Å². The Morgan fingerprint density at radius 1 is 1.03 bits per heavy atom. The molecule has 1 amide bonds. The molecule has 4 rings (SSSR count). The number of rotatable bonds is 9. The number of carbonyl (C=O) groups is 2. The summed E-state index contributed by atoms with van der Waals surface area (Å²) in [5.74, 6) is 0.357. The van der Waals surface area contributed by atoms with Crippen LogP contribution in [0.1, 0.15) is 54.4 Å². The van der Waals surface area contributed by atoms with E-state index in [0.29, 0.717) is 24.3 Å². The normalized spacial score (nSPS) is 14.5. The molecular weight excluding hydrogens is 458 g/mol. The van der Waals surface area contributed by atoms with Gasteiger partial charge in [0.05, 0.1) is 30.9 Å². The molecule has 1 N–H and O–H groups in total. The molecule has 190 valence electrons. The van der Waals surface area contributed by atoms with E-state index in [1.807, 2.05) is 37.3 Å². The number of nitrogens with one attached hydrogen (secondary N) is 1. The van der Waals surface area contributed by atoms with Gasteiger partial charge >= 0.3 is 11.7 Å². The number of hydrogen-bond donors (Lipinski definition) is 1. The molecule has 0 spiro atoms. The molecule has 9 heteroatoms. The van der Waals surface area contributed by atoms with E-state index in [1.54, 1.807) is 40.4 Å². The standard InChI is InChI=1S/C27H33N5O4/c1-3-31-25(29-32(27(31)35)18-20-10-6-5-7-11-20)21-14-16-30(17-15-21)19-24(33)28-23-13-9-8-12-22(23)26(34)36-4-2/h5-13,21H,3-4,14-19H2,1-2H3,(H,28,33). The second-order valence-corrected chi connectivity index (χ2v) is 8.89. The molecule has 9 nitrogen and oxygen atoms in total. The average Bonchev–Trinajstić information content (AvgIpc) is 3.20. The van der Waals surface area contributed by atoms with Crippen LogP contribution >= 0.6 is 0 Å². The Morgan fingerprint density at radius 3 is 2.42 bits per heavy atom. The van der Waals surface area contributed by atoms with E-state index in [1.165, 1.54) is 0 Å². The Morgan fingerprint density at radius 2 is 1.72 bits per heavy atom. The number of para-hydroxylation sites is 1. The van der Waals surface area contributed by atoms with Gasteiger partial charge in [0.25, 0.3) is 0 Å². The number of ether oxygens (including phenoxy) is 1. The van der Waals surface area contributed by atoms with Gasteiger partial charge in [-0.05, 0) is 57.5 Å². The zero-order valence-corrected chi connectivity index (χ0v) is 20.9. The summed E-state index contributed by atoms with van der Waals surface area (Å²) in [5, 5.41) is 7.56. The highest BCUT2D eigenvalue weighted by molar-refractivity contribution is 6.01. The monoisotopic (exact) mass is 491 g/mol. The van der Waals surface area contributed by atoms with Crippen molar-refractivity contribution in [1.29, 1.82) is 0 Å². The number of likely N-dealkylation sites (tertiary alicyclic amines) is 1. The van der Waals surface area contributed by atoms with Crippen molar-refractivity contribution in [3.8, 4) is 0 Å². The first kappa shape index (κ1) is 25.4. The quantitative estimate of drug-likeness (QED) is 0.462. The molecular formula is C27H33N5O4. The lowest BCUT2D eigenvalue weighted by molar-refractivity contribution is -0.117. The maximum Gasteiger partial charge on any atom is 0.346 e. The van der Waals surface area contributed by atoms with Crippen molar-refractivity contribution >= 4 is 17.6 Å². The minimum Gasteiger partial charge on any atom is -0.462 e. The van der Waals surface area contributed by atoms with Crippen molar-refractivity contribution < 1.29 is 14.3 Å². The number of esters is 1. The van der Waals surface area contributed by atoms with Crippen LogP contribution in [-0.2, 0) is 22.6 Å². The molecule has 1 fully saturated rings. The largest absolute Gasteiger partial charge is 0.462 e. The summed E-state index contributed by atoms with van der Waals surface area (Å²) in [6, 6.07) is 16.7. The second-order valence-electron chi connectivity index (χ2n) is 8.89. The molecule has 1 aliphatic rings. The molecule has 36 heavy (non-hydrogen) atoms. The number of aromatic nitrogens is 3. The van der Waals surface area contributed by atoms with Gasteiger partial charge in [0, 0.05) is 12.5 Å². The molecule has 1 aliphatic heterocycles. The van der Waals surface area contributed by atoms with Gasteiger partial charge in [-0.15, -0.1) is 0 Å². The Kier molecular flexibility index (Phi) is 8.32. The van der Waals surface area contributed by atoms with Crippen molar-refractivity contribution in [2.75, 3.05) is 31.6 Å². The maximum absolute atomic E-state index is 12.9. The summed E-state index contributed by atoms with van der Waals surface area (Å²) in [6.45, 7) is 6.68. The van der Waals surface area contributed by atoms with E-state index in [9.17, 15) is 14.4 Å². The van der Waals surface area contributed by atoms with Gasteiger partial charge in [-0.25, -0.2) is 14.3 Å². The lowest BCUT2D eigenvalue weighted by atomic mass is 9.96. The maximum atomic E-state index is 12.9. The summed E-state index contributed by atoms with van der Waals surface area (Å²) in [4.78, 5) is 39.9. The first-order chi connectivity index (χ1) is 17.5. The molecule has 3 aromatic rings. The Balaban J connectivity index is 1.36. The lowest BCUT2D eigenvalue weighted by Crippen LogP contribution is -2.39. The highest BCUT2D eigenvalue weighted by atomic mass is 16.5. The molecule has 0 saturated carbocycles. The van der Waals surface area contributed by atoms with E-state index in [-0.39, 0.29) is 30.7 Å². The number of nitrogens with zero attached hydrogens (tertiary/aromatic N) is 4. The Bertz CT molecular complexity index is 1240. The number of benzene rings is 2. The molecule has 2 aromatic carbocycles. The molecule has 0 unspecified atom stereocenters. The van der Waals surface area contributed by atoms with Crippen LogP contribution in [0, 0.1) is 0 Å². The van der Waals surface area contributed by atoms with Gasteiger partial charge in [-0.3, -0.25) is 14.3 Å². The van der Waals surface area contributed by atoms with Crippen LogP contribution < -0.4 is 11.0 Å². The Labute approximate surface area is 210 Å². The van der Waals surface area contributed by atoms with Crippen LogP contribution in [0.15, 0.2) is 59.4 Å². The first-order valence-corrected chi connectivity index (χ1v) is 12.5. The molecule has 0 atom stereocenters. The van der Waals surface area contributed by atoms with Crippen molar-refractivity contribution in [1.82, 2.24) is 19.2 Å². The van der Waals surface area contributed by atoms with Crippen LogP contribution in [0.4, 0.5) is 5.69 Å². The Hall–Kier alpha value is -3.72. The predicted molar refractivity (Wildman–Crippen MR) is 137 cm³/mol. The van der Waals surface area contributed by atoms with Crippen LogP contribution in [0.25, 0.3) is 0 Å². The third kappa shape index (κ3) is 5.91. The molecule has 2 heterocycles. The van der Waals surface area contributed by atoms with E-state index < -0.39 is 5.97 Å². The van der Waals surface area contributed by atoms with Crippen LogP contribution in [-0.4, -0.2) is 57.4 Å². The summed E-state index contributed by atoms with van der Waals surface area (Å²) in [7, 11) is 0. The SMILES string of the molecule is CCOC(=O)c1ccccc1NC(=O)CN1CCC(c2nn(Cc3ccccc3)c(=O)n2CC)CC1. The van der Waals surface area contributed by atoms with E-state index in [0.717, 1.165) is 37.3 Å². The summed E-state index contributed by atoms with van der Waals surface area (Å²) >= 11 is 0. The number of piperidine rings is 1. The fourth-order valence-electron chi connectivity index (χ4n) is 4.64. The number of amides is 1. The van der Waals surface area contributed by atoms with Crippen LogP contribution in [0.5, 0.6) is 0 Å². The summed E-state index contributed by atoms with van der Waals surface area (Å²) in [5.41, 5.74) is 1.75. The predicted octanol–water partition coefficient (Wildman–Crippen LogP) is 3.11. The fraction of sp³-hybridized carbons (Fsp3) is 0.407. The van der Waals surface area contributed by atoms with Crippen LogP contribution in [0.2, 0.25) is 0 Å². The van der Waals surface area contributed by atoms with Gasteiger partial charge in [0.1, 0.15) is 5.82 Å². The smallest absolute Gasteiger partial charge is 0.346 e. The molecule has 0 radical (unpaired) electrons. The minimum atomic E-state index is -0.456. The highest BCUT2D eigenvalue weighted by Crippen LogP contribution is 2.26. The van der Waals surface area contributed by atoms with Gasteiger partial charge in [-0.2, -0.15) is 5.10 Å². The summed E-state index contributed by atoms with van der Waals surface area (Å²) in [6.07, 6.45) is 1.63. The first-order valence-electron chi connectivity index (χ1n) is 12.5. The third-order valence-electron chi connectivity index (χ3n) is 6.46. The number of hydrogen-bond acceptors (Lipinski definition) is 6.